The van der Waals surface area contributed by atoms with Crippen LogP contribution in [0, 0.1) is 5.41 Å². The van der Waals surface area contributed by atoms with Crippen LogP contribution in [0.1, 0.15) is 58.4 Å². The topological polar surface area (TPSA) is 73.1 Å². The number of benzene rings is 2. The normalized spacial score (nSPS) is 16.2. The maximum absolute atomic E-state index is 12.9. The number of imidazole rings is 1. The van der Waals surface area contributed by atoms with Gasteiger partial charge in [-0.1, -0.05) is 51.1 Å². The highest BCUT2D eigenvalue weighted by Crippen LogP contribution is 2.36. The van der Waals surface area contributed by atoms with E-state index in [-0.39, 0.29) is 11.3 Å². The molecule has 34 heavy (non-hydrogen) atoms. The van der Waals surface area contributed by atoms with Crippen LogP contribution in [0.5, 0.6) is 0 Å². The van der Waals surface area contributed by atoms with Gasteiger partial charge in [0.1, 0.15) is 0 Å². The minimum absolute atomic E-state index is 0.116. The number of rotatable bonds is 9. The Morgan fingerprint density at radius 1 is 1.06 bits per heavy atom. The Kier molecular flexibility index (Phi) is 7.76. The first-order chi connectivity index (χ1) is 16.4. The number of para-hydroxylation sites is 3. The summed E-state index contributed by atoms with van der Waals surface area (Å²) < 4.78 is 0. The molecule has 1 aromatic heterocycles. The van der Waals surface area contributed by atoms with Crippen molar-refractivity contribution < 1.29 is 4.79 Å². The van der Waals surface area contributed by atoms with Gasteiger partial charge in [-0.15, -0.1) is 0 Å². The Bertz CT molecular complexity index is 1050. The Hall–Kier alpha value is -3.02. The molecule has 182 valence electrons. The lowest BCUT2D eigenvalue weighted by Crippen LogP contribution is -2.48. The molecule has 1 amide bonds. The van der Waals surface area contributed by atoms with Crippen molar-refractivity contribution in [2.75, 3.05) is 29.9 Å². The summed E-state index contributed by atoms with van der Waals surface area (Å²) in [6.45, 7) is 8.87. The number of aryl methyl sites for hydroxylation is 1. The molecule has 1 aliphatic heterocycles. The lowest BCUT2D eigenvalue weighted by molar-refractivity contribution is -0.119. The van der Waals surface area contributed by atoms with E-state index in [1.807, 2.05) is 24.3 Å². The van der Waals surface area contributed by atoms with Crippen LogP contribution in [-0.4, -0.2) is 41.6 Å². The second-order valence-electron chi connectivity index (χ2n) is 10.5. The summed E-state index contributed by atoms with van der Waals surface area (Å²) in [6.07, 6.45) is 6.45. The summed E-state index contributed by atoms with van der Waals surface area (Å²) in [6, 6.07) is 17.0. The number of fused-ring (bicyclic) bond motifs is 2. The summed E-state index contributed by atoms with van der Waals surface area (Å²) in [5.41, 5.74) is 4.73. The highest BCUT2D eigenvalue weighted by molar-refractivity contribution is 5.82. The molecular formula is C28H39N5O. The third-order valence-corrected chi connectivity index (χ3v) is 6.77. The first-order valence-corrected chi connectivity index (χ1v) is 12.7. The van der Waals surface area contributed by atoms with Crippen LogP contribution in [-0.2, 0) is 11.2 Å². The van der Waals surface area contributed by atoms with Gasteiger partial charge in [-0.2, -0.15) is 0 Å². The van der Waals surface area contributed by atoms with Crippen LogP contribution >= 0.6 is 0 Å². The molecule has 0 spiro atoms. The number of hydrogen-bond donors (Lipinski definition) is 3. The number of H-pyrrole nitrogens is 1. The van der Waals surface area contributed by atoms with Crippen molar-refractivity contribution in [2.24, 2.45) is 5.41 Å². The third kappa shape index (κ3) is 6.10. The average Bonchev–Trinajstić information content (AvgIpc) is 3.13. The van der Waals surface area contributed by atoms with Gasteiger partial charge >= 0.3 is 0 Å². The van der Waals surface area contributed by atoms with Gasteiger partial charge in [-0.3, -0.25) is 4.79 Å². The minimum Gasteiger partial charge on any atom is -0.358 e. The van der Waals surface area contributed by atoms with E-state index in [1.165, 1.54) is 17.7 Å². The fraction of sp³-hybridized carbons (Fsp3) is 0.500. The molecule has 2 aromatic carbocycles. The van der Waals surface area contributed by atoms with Crippen molar-refractivity contribution in [3.63, 3.8) is 0 Å². The zero-order valence-electron chi connectivity index (χ0n) is 20.9. The number of nitrogens with zero attached hydrogens (tertiary/aromatic N) is 2. The van der Waals surface area contributed by atoms with Crippen LogP contribution in [0.25, 0.3) is 11.0 Å². The largest absolute Gasteiger partial charge is 0.358 e. The Morgan fingerprint density at radius 3 is 2.65 bits per heavy atom. The van der Waals surface area contributed by atoms with Crippen molar-refractivity contribution >= 4 is 28.6 Å². The summed E-state index contributed by atoms with van der Waals surface area (Å²) in [7, 11) is 0. The van der Waals surface area contributed by atoms with Crippen LogP contribution in [0.15, 0.2) is 48.5 Å². The minimum atomic E-state index is 0.116. The molecular weight excluding hydrogens is 422 g/mol. The highest BCUT2D eigenvalue weighted by atomic mass is 16.2. The van der Waals surface area contributed by atoms with Crippen LogP contribution in [0.3, 0.4) is 0 Å². The molecule has 2 heterocycles. The second kappa shape index (κ2) is 10.9. The van der Waals surface area contributed by atoms with Gasteiger partial charge in [0.25, 0.3) is 0 Å². The Morgan fingerprint density at radius 2 is 1.82 bits per heavy atom. The van der Waals surface area contributed by atoms with Crippen molar-refractivity contribution in [2.45, 2.75) is 65.3 Å². The van der Waals surface area contributed by atoms with Crippen LogP contribution in [0.4, 0.5) is 11.6 Å². The number of hydrogen-bond acceptors (Lipinski definition) is 4. The Labute approximate surface area is 203 Å². The maximum atomic E-state index is 12.9. The van der Waals surface area contributed by atoms with Gasteiger partial charge in [-0.05, 0) is 67.7 Å². The smallest absolute Gasteiger partial charge is 0.239 e. The number of carbonyl (C=O) groups excluding carboxylic acids is 1. The van der Waals surface area contributed by atoms with Gasteiger partial charge in [0, 0.05) is 24.8 Å². The summed E-state index contributed by atoms with van der Waals surface area (Å²) in [4.78, 5) is 23.1. The lowest BCUT2D eigenvalue weighted by atomic mass is 9.83. The Balaban J connectivity index is 1.21. The number of aromatic amines is 1. The predicted molar refractivity (Wildman–Crippen MR) is 141 cm³/mol. The number of anilines is 2. The van der Waals surface area contributed by atoms with E-state index in [9.17, 15) is 4.79 Å². The molecule has 0 radical (unpaired) electrons. The van der Waals surface area contributed by atoms with E-state index in [0.29, 0.717) is 12.6 Å². The van der Waals surface area contributed by atoms with Crippen molar-refractivity contribution in [3.05, 3.63) is 54.1 Å². The van der Waals surface area contributed by atoms with Crippen LogP contribution < -0.4 is 15.5 Å². The molecule has 1 atom stereocenters. The van der Waals surface area contributed by atoms with E-state index in [2.05, 4.69) is 70.5 Å². The summed E-state index contributed by atoms with van der Waals surface area (Å²) in [5.74, 6) is 0.937. The molecule has 6 nitrogen and oxygen atoms in total. The van der Waals surface area contributed by atoms with Crippen molar-refractivity contribution in [1.82, 2.24) is 15.3 Å². The predicted octanol–water partition coefficient (Wildman–Crippen LogP) is 5.52. The second-order valence-corrected chi connectivity index (χ2v) is 10.5. The molecule has 0 aliphatic carbocycles. The summed E-state index contributed by atoms with van der Waals surface area (Å²) >= 11 is 0. The molecule has 1 aliphatic rings. The molecule has 6 heteroatoms. The molecule has 0 bridgehead atoms. The highest BCUT2D eigenvalue weighted by Gasteiger charge is 2.34. The van der Waals surface area contributed by atoms with Gasteiger partial charge in [0.2, 0.25) is 11.9 Å². The molecule has 0 saturated carbocycles. The summed E-state index contributed by atoms with van der Waals surface area (Å²) in [5, 5.41) is 6.52. The molecule has 3 N–H and O–H groups in total. The molecule has 1 unspecified atom stereocenters. The number of aromatic nitrogens is 2. The van der Waals surface area contributed by atoms with Gasteiger partial charge in [0.15, 0.2) is 0 Å². The zero-order valence-corrected chi connectivity index (χ0v) is 20.9. The average molecular weight is 462 g/mol. The molecule has 0 fully saturated rings. The van der Waals surface area contributed by atoms with Gasteiger partial charge < -0.3 is 20.5 Å². The molecule has 0 saturated heterocycles. The van der Waals surface area contributed by atoms with Gasteiger partial charge in [0.05, 0.1) is 17.6 Å². The lowest BCUT2D eigenvalue weighted by Gasteiger charge is -2.41. The van der Waals surface area contributed by atoms with Crippen molar-refractivity contribution in [3.8, 4) is 0 Å². The van der Waals surface area contributed by atoms with E-state index in [4.69, 9.17) is 0 Å². The standard InChI is InChI=1S/C28H39N5O/c1-28(2,3)25-17-11-13-21-12-5-8-16-24(21)33(25)20-26(34)29-18-9-4-10-19-30-27-31-22-14-6-7-15-23(22)32-27/h5-8,12,14-16,25H,4,9-11,13,17-20H2,1-3H3,(H,29,34)(H2,30,31,32). The maximum Gasteiger partial charge on any atom is 0.239 e. The zero-order chi connectivity index (χ0) is 24.0. The van der Waals surface area contributed by atoms with E-state index in [0.717, 1.165) is 62.2 Å². The number of unbranched alkanes of at least 4 members (excludes halogenated alkanes) is 2. The van der Waals surface area contributed by atoms with Crippen LogP contribution in [0.2, 0.25) is 0 Å². The number of nitrogens with one attached hydrogen (secondary N) is 3. The van der Waals surface area contributed by atoms with E-state index >= 15 is 0 Å². The fourth-order valence-electron chi connectivity index (χ4n) is 5.02. The molecule has 4 rings (SSSR count). The van der Waals surface area contributed by atoms with Gasteiger partial charge in [-0.25, -0.2) is 4.98 Å². The monoisotopic (exact) mass is 461 g/mol. The van der Waals surface area contributed by atoms with Crippen molar-refractivity contribution in [1.29, 1.82) is 0 Å². The SMILES string of the molecule is CC(C)(C)C1CCCc2ccccc2N1CC(=O)NCCCCCNc1nc2ccccc2[nH]1. The molecule has 3 aromatic rings. The third-order valence-electron chi connectivity index (χ3n) is 6.77. The van der Waals surface area contributed by atoms with E-state index < -0.39 is 0 Å². The number of amides is 1. The first-order valence-electron chi connectivity index (χ1n) is 12.7. The first kappa shape index (κ1) is 24.1. The quantitative estimate of drug-likeness (QED) is 0.367. The van der Waals surface area contributed by atoms with E-state index in [1.54, 1.807) is 0 Å². The number of carbonyl (C=O) groups is 1. The fourth-order valence-corrected chi connectivity index (χ4v) is 5.02.